The van der Waals surface area contributed by atoms with E-state index in [1.165, 1.54) is 0 Å². The fourth-order valence-electron chi connectivity index (χ4n) is 6.58. The van der Waals surface area contributed by atoms with Gasteiger partial charge in [0, 0.05) is 130 Å². The number of hydrogen-bond donors (Lipinski definition) is 7. The number of ether oxygens (including phenoxy) is 5. The van der Waals surface area contributed by atoms with Gasteiger partial charge in [-0.25, -0.2) is 10.1 Å². The van der Waals surface area contributed by atoms with E-state index in [2.05, 4.69) is 290 Å². The van der Waals surface area contributed by atoms with Crippen molar-refractivity contribution >= 4 is 37.2 Å². The maximum Gasteiger partial charge on any atom is 1.00 e. The summed E-state index contributed by atoms with van der Waals surface area (Å²) in [4.78, 5) is 26.4. The zero-order valence-electron chi connectivity index (χ0n) is 54.3. The molecule has 2 saturated heterocycles. The maximum absolute atomic E-state index is 13.3. The van der Waals surface area contributed by atoms with E-state index in [-0.39, 0.29) is 125 Å². The minimum atomic E-state index is -1.78. The van der Waals surface area contributed by atoms with Gasteiger partial charge in [-0.3, -0.25) is 14.0 Å². The third-order valence-corrected chi connectivity index (χ3v) is 11.1. The van der Waals surface area contributed by atoms with Gasteiger partial charge in [-0.05, 0) is 204 Å². The molecule has 0 radical (unpaired) electrons. The van der Waals surface area contributed by atoms with Gasteiger partial charge in [-0.15, -0.1) is 15.1 Å². The van der Waals surface area contributed by atoms with Gasteiger partial charge in [0.05, 0.1) is 13.2 Å². The molecule has 0 aliphatic carbocycles. The predicted molar refractivity (Wildman–Crippen MR) is 368 cm³/mol. The number of aliphatic hydroxyl groups is 5. The van der Waals surface area contributed by atoms with Gasteiger partial charge in [0.2, 0.25) is 6.29 Å². The second-order valence-electron chi connectivity index (χ2n) is 17.2. The maximum atomic E-state index is 13.3. The molecule has 0 amide bonds. The fraction of sp³-hybridized carbons (Fsp3) is 0.452. The number of carbonyl (C=O) groups is 2. The molecule has 36 heteroatoms. The first-order chi connectivity index (χ1) is 46.7. The molecule has 32 nitrogen and oxygen atoms in total. The summed E-state index contributed by atoms with van der Waals surface area (Å²) in [5.74, 6) is 70.8. The van der Waals surface area contributed by atoms with Crippen molar-refractivity contribution in [3.05, 3.63) is 11.6 Å². The predicted octanol–water partition coefficient (Wildman–Crippen LogP) is 0.970. The zero-order valence-corrected chi connectivity index (χ0v) is 59.0. The molecule has 12 atom stereocenters. The van der Waals surface area contributed by atoms with Gasteiger partial charge < -0.3 is 55.9 Å². The molecule has 2 fully saturated rings. The third-order valence-electron chi connectivity index (χ3n) is 10.6. The average molecular weight is 1480 g/mol. The van der Waals surface area contributed by atoms with E-state index < -0.39 is 86.6 Å². The summed E-state index contributed by atoms with van der Waals surface area (Å²) in [7, 11) is 0. The van der Waals surface area contributed by atoms with Crippen LogP contribution < -0.4 is 64.4 Å². The van der Waals surface area contributed by atoms with Gasteiger partial charge in [-0.2, -0.15) is 0 Å². The van der Waals surface area contributed by atoms with Crippen molar-refractivity contribution in [2.75, 3.05) is 13.2 Å². The van der Waals surface area contributed by atoms with Crippen LogP contribution in [0.15, 0.2) is 11.6 Å². The monoisotopic (exact) mass is 1470 g/mol. The Hall–Kier alpha value is -6.34. The standard InChI is InChI=1S/C31H54O16S.C31H4.2Na.H2O16S.24H2.H/c1-6-8-9-10-11-12-22(34)42-28-26(43-29(38)19(5)14-18(4)13-17(3)7-2)24(36)21(16-33)41-31(28)44-30-27(45-48-47-46-39)25(37)23(35)20(15-32)40-30;1-3-5-7-9-11-13-15-17-19-21-23-25-27-29-31-30-28-26-24-22-20-18-16-14-12-10-8-6-4-2;;;1-2-3-4-5-6-7-8-9-10-11-12-13-14-15-16-17;;;;;;;;;;;;;;;;;;;;;;;;;/h14,17-18,20-21,23-28,30-33,35-37,39H,6-13,15-16H2,1-5H3;1H,2H3;;;1,17H;24*1H;/q;;2*+1;;;;;;;;;;;;;;;;;;;;;;;;;;-1/p-1/b19-14+;;;;;;;;;;;;;;;;;;;;;;;;;;;;;/t17-,18-,20?,21?,23?,24?,25?,26?,27?,28?,30?,31?;;;;;;;;;;;;;;;;;;;;;;;;;;;;;/m0............................./s1. The Bertz CT molecular complexity index is 3430. The molecular formula is C62H108Na2O32S2. The summed E-state index contributed by atoms with van der Waals surface area (Å²) < 4.78 is 41.6. The second kappa shape index (κ2) is 69.2. The van der Waals surface area contributed by atoms with Gasteiger partial charge in [0.25, 0.3) is 0 Å². The summed E-state index contributed by atoms with van der Waals surface area (Å²) in [6.07, 6.45) is -3.59. The van der Waals surface area contributed by atoms with E-state index in [4.69, 9.17) is 39.5 Å². The summed E-state index contributed by atoms with van der Waals surface area (Å²) in [6.45, 7) is 9.91. The SMILES string of the molecule is C#CC#CC#CC#CC#CC#CC#CC#CC#CC#CC#CC#CC#CC#CC#CC.CCCCCCCC(=O)OC1C(OC2OC(CO)C(O)C(O)C2OSOO[O-])OC(CO)C(O)C1OC(=O)/C(C)=C/[C@@H](C)C[C@@H](C)CC.OOOOOOOOOOOOOOOOS.[H-].[HH].[HH].[HH].[HH].[HH].[HH].[HH].[HH].[HH].[HH].[HH].[HH].[HH].[HH].[HH].[HH].[HH].[HH].[HH].[HH].[HH].[HH].[HH].[HH].[Na+].[Na+]. The Morgan fingerprint density at radius 3 is 1.40 bits per heavy atom. The Morgan fingerprint density at radius 2 is 1.00 bits per heavy atom. The molecule has 2 heterocycles. The Labute approximate surface area is 655 Å². The van der Waals surface area contributed by atoms with Crippen LogP contribution in [0, 0.1) is 190 Å². The van der Waals surface area contributed by atoms with Crippen LogP contribution >= 0.6 is 25.2 Å². The molecule has 0 bridgehead atoms. The third kappa shape index (κ3) is 50.9. The molecule has 2 rings (SSSR count). The van der Waals surface area contributed by atoms with Gasteiger partial charge in [0.1, 0.15) is 30.5 Å². The molecule has 2 aliphatic rings. The molecule has 0 saturated carbocycles. The minimum absolute atomic E-state index is 0. The summed E-state index contributed by atoms with van der Waals surface area (Å²) in [6, 6.07) is 0. The number of allylic oxidation sites excluding steroid dienone is 1. The number of esters is 2. The normalized spacial score (nSPS) is 19.0. The fourth-order valence-corrected chi connectivity index (χ4v) is 6.95. The van der Waals surface area contributed by atoms with E-state index >= 15 is 0 Å². The van der Waals surface area contributed by atoms with Gasteiger partial charge >= 0.3 is 71.1 Å². The van der Waals surface area contributed by atoms with E-state index in [1.54, 1.807) is 19.9 Å². The Balaban J connectivity index is -0.0000000413. The Kier molecular flexibility index (Phi) is 67.6. The molecule has 0 aromatic heterocycles. The van der Waals surface area contributed by atoms with Crippen LogP contribution in [0.2, 0.25) is 0 Å². The second-order valence-corrected chi connectivity index (χ2v) is 17.8. The number of unbranched alkanes of at least 4 members (excludes halogenated alkanes) is 4. The number of carbonyl (C=O) groups excluding carboxylic acids is 2. The topological polar surface area (TPSA) is 391 Å². The molecule has 10 unspecified atom stereocenters. The largest absolute Gasteiger partial charge is 1.00 e. The van der Waals surface area contributed by atoms with Crippen LogP contribution in [0.25, 0.3) is 0 Å². The van der Waals surface area contributed by atoms with Crippen LogP contribution in [0.5, 0.6) is 0 Å². The number of aliphatic hydroxyl groups excluding tert-OH is 5. The van der Waals surface area contributed by atoms with Crippen molar-refractivity contribution in [1.29, 1.82) is 0 Å². The molecule has 2 aliphatic heterocycles. The Morgan fingerprint density at radius 1 is 0.592 bits per heavy atom. The smallest absolute Gasteiger partial charge is 1.00 e. The van der Waals surface area contributed by atoms with Crippen LogP contribution in [-0.4, -0.2) is 117 Å². The summed E-state index contributed by atoms with van der Waals surface area (Å²) >= 11 is 3.03. The number of terminal acetylenes is 1. The van der Waals surface area contributed by atoms with Crippen molar-refractivity contribution in [3.63, 3.8) is 0 Å². The van der Waals surface area contributed by atoms with E-state index in [0.717, 1.165) is 38.5 Å². The first-order valence-corrected chi connectivity index (χ1v) is 28.0. The van der Waals surface area contributed by atoms with E-state index in [9.17, 15) is 40.4 Å². The first-order valence-electron chi connectivity index (χ1n) is 27.0. The molecule has 6 N–H and O–H groups in total. The minimum Gasteiger partial charge on any atom is -1.00 e. The summed E-state index contributed by atoms with van der Waals surface area (Å²) in [5.41, 5.74) is 0.244. The molecule has 98 heavy (non-hydrogen) atoms. The van der Waals surface area contributed by atoms with Crippen LogP contribution in [0.1, 0.15) is 129 Å². The molecule has 0 aromatic rings. The molecule has 0 spiro atoms. The average Bonchev–Trinajstić information content (AvgIpc) is 0.778. The number of rotatable bonds is 35. The van der Waals surface area contributed by atoms with Crippen molar-refractivity contribution in [3.8, 4) is 178 Å². The van der Waals surface area contributed by atoms with Crippen molar-refractivity contribution in [2.45, 2.75) is 154 Å². The zero-order chi connectivity index (χ0) is 70.9. The van der Waals surface area contributed by atoms with Crippen molar-refractivity contribution in [1.82, 2.24) is 0 Å². The van der Waals surface area contributed by atoms with Crippen molar-refractivity contribution in [2.24, 2.45) is 11.8 Å². The summed E-state index contributed by atoms with van der Waals surface area (Å²) in [5, 5.41) is 121. The van der Waals surface area contributed by atoms with Crippen LogP contribution in [0.3, 0.4) is 0 Å². The number of thiol groups is 1. The van der Waals surface area contributed by atoms with Crippen molar-refractivity contribution < 1.29 is 253 Å². The van der Waals surface area contributed by atoms with Gasteiger partial charge in [0.15, 0.2) is 36.9 Å². The number of hydrogen-bond acceptors (Lipinski definition) is 34. The molecule has 0 aromatic carbocycles. The van der Waals surface area contributed by atoms with Gasteiger partial charge in [-0.1, -0.05) is 71.8 Å². The van der Waals surface area contributed by atoms with Crippen LogP contribution in [0.4, 0.5) is 0 Å². The first kappa shape index (κ1) is 95.8. The quantitative estimate of drug-likeness (QED) is 0.00535. The van der Waals surface area contributed by atoms with E-state index in [0.29, 0.717) is 12.3 Å². The van der Waals surface area contributed by atoms with Crippen LogP contribution in [-0.2, 0) is 122 Å². The van der Waals surface area contributed by atoms with E-state index in [1.807, 2.05) is 6.92 Å². The molecular weight excluding hydrogens is 1370 g/mol. The molecule has 562 valence electrons.